The van der Waals surface area contributed by atoms with Gasteiger partial charge in [0.05, 0.1) is 0 Å². The molecule has 1 aliphatic carbocycles. The first-order valence-corrected chi connectivity index (χ1v) is 7.27. The van der Waals surface area contributed by atoms with Gasteiger partial charge in [-0.2, -0.15) is 15.0 Å². The number of anilines is 1. The second-order valence-corrected chi connectivity index (χ2v) is 4.67. The SMILES string of the molecule is C=C/C=C\C(=NC)c1nc(Cl)nc(NC2=C/C=C\C=C/C=C2)n1. The van der Waals surface area contributed by atoms with Crippen LogP contribution in [0.25, 0.3) is 0 Å². The van der Waals surface area contributed by atoms with Crippen molar-refractivity contribution in [2.24, 2.45) is 4.99 Å². The van der Waals surface area contributed by atoms with Crippen molar-refractivity contribution in [3.05, 3.63) is 84.1 Å². The Hall–Kier alpha value is -2.79. The largest absolute Gasteiger partial charge is 0.324 e. The van der Waals surface area contributed by atoms with Gasteiger partial charge in [-0.15, -0.1) is 0 Å². The highest BCUT2D eigenvalue weighted by Crippen LogP contribution is 2.11. The molecular formula is C17H16ClN5. The Balaban J connectivity index is 2.30. The summed E-state index contributed by atoms with van der Waals surface area (Å²) in [5.41, 5.74) is 1.41. The number of nitrogens with one attached hydrogen (secondary N) is 1. The first-order valence-electron chi connectivity index (χ1n) is 6.89. The van der Waals surface area contributed by atoms with Crippen molar-refractivity contribution in [2.75, 3.05) is 12.4 Å². The van der Waals surface area contributed by atoms with Crippen molar-refractivity contribution in [3.8, 4) is 0 Å². The molecule has 0 radical (unpaired) electrons. The molecule has 2 rings (SSSR count). The lowest BCUT2D eigenvalue weighted by Crippen LogP contribution is -2.10. The molecule has 0 amide bonds. The van der Waals surface area contributed by atoms with Crippen LogP contribution in [0, 0.1) is 0 Å². The van der Waals surface area contributed by atoms with E-state index in [4.69, 9.17) is 11.6 Å². The minimum atomic E-state index is 0.0940. The first-order chi connectivity index (χ1) is 11.2. The number of nitrogens with zero attached hydrogens (tertiary/aromatic N) is 4. The van der Waals surface area contributed by atoms with Gasteiger partial charge in [-0.3, -0.25) is 4.99 Å². The molecule has 0 aromatic carbocycles. The molecule has 1 N–H and O–H groups in total. The van der Waals surface area contributed by atoms with Crippen LogP contribution in [0.3, 0.4) is 0 Å². The molecule has 0 spiro atoms. The maximum atomic E-state index is 6.00. The third-order valence-corrected chi connectivity index (χ3v) is 2.89. The Bertz CT molecular complexity index is 754. The van der Waals surface area contributed by atoms with Crippen LogP contribution in [-0.2, 0) is 0 Å². The van der Waals surface area contributed by atoms with Crippen molar-refractivity contribution in [1.82, 2.24) is 15.0 Å². The minimum absolute atomic E-state index is 0.0940. The van der Waals surface area contributed by atoms with Crippen LogP contribution in [0.1, 0.15) is 5.82 Å². The van der Waals surface area contributed by atoms with Gasteiger partial charge in [0.1, 0.15) is 5.71 Å². The Labute approximate surface area is 140 Å². The highest BCUT2D eigenvalue weighted by atomic mass is 35.5. The lowest BCUT2D eigenvalue weighted by molar-refractivity contribution is 1.03. The average Bonchev–Trinajstić information content (AvgIpc) is 2.50. The van der Waals surface area contributed by atoms with Gasteiger partial charge in [0.15, 0.2) is 5.82 Å². The molecule has 0 bridgehead atoms. The highest BCUT2D eigenvalue weighted by Gasteiger charge is 2.09. The zero-order valence-electron chi connectivity index (χ0n) is 12.6. The van der Waals surface area contributed by atoms with Crippen LogP contribution in [0.4, 0.5) is 5.95 Å². The predicted molar refractivity (Wildman–Crippen MR) is 95.8 cm³/mol. The summed E-state index contributed by atoms with van der Waals surface area (Å²) in [5.74, 6) is 0.737. The second kappa shape index (κ2) is 8.60. The van der Waals surface area contributed by atoms with Crippen LogP contribution < -0.4 is 5.32 Å². The average molecular weight is 326 g/mol. The zero-order valence-corrected chi connectivity index (χ0v) is 13.4. The van der Waals surface area contributed by atoms with Gasteiger partial charge >= 0.3 is 0 Å². The number of rotatable bonds is 5. The first kappa shape index (κ1) is 16.6. The molecule has 0 unspecified atom stereocenters. The summed E-state index contributed by atoms with van der Waals surface area (Å²) in [6.45, 7) is 3.63. The molecule has 1 aliphatic rings. The van der Waals surface area contributed by atoms with E-state index in [1.807, 2.05) is 42.5 Å². The molecular weight excluding hydrogens is 310 g/mol. The molecule has 5 nitrogen and oxygen atoms in total. The highest BCUT2D eigenvalue weighted by molar-refractivity contribution is 6.28. The van der Waals surface area contributed by atoms with E-state index in [0.29, 0.717) is 17.5 Å². The summed E-state index contributed by atoms with van der Waals surface area (Å²) >= 11 is 6.00. The molecule has 6 heteroatoms. The summed E-state index contributed by atoms with van der Waals surface area (Å²) in [5, 5.41) is 3.20. The monoisotopic (exact) mass is 325 g/mol. The van der Waals surface area contributed by atoms with Crippen LogP contribution in [-0.4, -0.2) is 27.7 Å². The summed E-state index contributed by atoms with van der Waals surface area (Å²) in [6.07, 6.45) is 18.6. The second-order valence-electron chi connectivity index (χ2n) is 4.33. The molecule has 0 saturated heterocycles. The van der Waals surface area contributed by atoms with Crippen LogP contribution >= 0.6 is 11.6 Å². The van der Waals surface area contributed by atoms with E-state index < -0.39 is 0 Å². The van der Waals surface area contributed by atoms with Gasteiger partial charge in [-0.05, 0) is 29.8 Å². The quantitative estimate of drug-likeness (QED) is 0.663. The van der Waals surface area contributed by atoms with E-state index in [1.54, 1.807) is 25.3 Å². The van der Waals surface area contributed by atoms with Crippen molar-refractivity contribution in [3.63, 3.8) is 0 Å². The van der Waals surface area contributed by atoms with E-state index in [0.717, 1.165) is 5.70 Å². The van der Waals surface area contributed by atoms with Crippen LogP contribution in [0.2, 0.25) is 5.28 Å². The predicted octanol–water partition coefficient (Wildman–Crippen LogP) is 3.66. The van der Waals surface area contributed by atoms with Gasteiger partial charge in [0.2, 0.25) is 11.2 Å². The van der Waals surface area contributed by atoms with E-state index in [9.17, 15) is 0 Å². The summed E-state index contributed by atoms with van der Waals surface area (Å²) in [4.78, 5) is 16.7. The van der Waals surface area contributed by atoms with Crippen LogP contribution in [0.15, 0.2) is 78.0 Å². The van der Waals surface area contributed by atoms with Gasteiger partial charge in [-0.25, -0.2) is 0 Å². The number of hydrogen-bond donors (Lipinski definition) is 1. The third kappa shape index (κ3) is 5.16. The maximum absolute atomic E-state index is 6.00. The fourth-order valence-electron chi connectivity index (χ4n) is 1.71. The molecule has 0 atom stereocenters. The van der Waals surface area contributed by atoms with E-state index in [2.05, 4.69) is 31.8 Å². The Morgan fingerprint density at radius 3 is 2.74 bits per heavy atom. The summed E-state index contributed by atoms with van der Waals surface area (Å²) in [7, 11) is 1.66. The lowest BCUT2D eigenvalue weighted by atomic mass is 10.2. The Morgan fingerprint density at radius 2 is 1.96 bits per heavy atom. The van der Waals surface area contributed by atoms with Crippen LogP contribution in [0.5, 0.6) is 0 Å². The molecule has 116 valence electrons. The smallest absolute Gasteiger partial charge is 0.232 e. The molecule has 1 aromatic rings. The molecule has 1 aromatic heterocycles. The summed E-state index contributed by atoms with van der Waals surface area (Å²) in [6, 6.07) is 0. The minimum Gasteiger partial charge on any atom is -0.324 e. The van der Waals surface area contributed by atoms with Crippen molar-refractivity contribution >= 4 is 23.3 Å². The van der Waals surface area contributed by atoms with Gasteiger partial charge in [0.25, 0.3) is 0 Å². The normalized spacial score (nSPS) is 17.3. The molecule has 0 aliphatic heterocycles. The van der Waals surface area contributed by atoms with Gasteiger partial charge in [-0.1, -0.05) is 49.1 Å². The van der Waals surface area contributed by atoms with Gasteiger partial charge in [0, 0.05) is 12.7 Å². The van der Waals surface area contributed by atoms with E-state index >= 15 is 0 Å². The number of aliphatic imine (C=N–C) groups is 1. The van der Waals surface area contributed by atoms with Crippen molar-refractivity contribution < 1.29 is 0 Å². The number of hydrogen-bond acceptors (Lipinski definition) is 5. The third-order valence-electron chi connectivity index (χ3n) is 2.72. The Morgan fingerprint density at radius 1 is 1.17 bits per heavy atom. The van der Waals surface area contributed by atoms with Gasteiger partial charge < -0.3 is 5.32 Å². The molecule has 0 fully saturated rings. The topological polar surface area (TPSA) is 63.1 Å². The lowest BCUT2D eigenvalue weighted by Gasteiger charge is -2.07. The number of allylic oxidation sites excluding steroid dienone is 10. The van der Waals surface area contributed by atoms with E-state index in [1.165, 1.54) is 0 Å². The van der Waals surface area contributed by atoms with Crippen molar-refractivity contribution in [1.29, 1.82) is 0 Å². The number of halogens is 1. The van der Waals surface area contributed by atoms with E-state index in [-0.39, 0.29) is 5.28 Å². The Kier molecular flexibility index (Phi) is 6.20. The molecule has 1 heterocycles. The molecule has 23 heavy (non-hydrogen) atoms. The fraction of sp³-hybridized carbons (Fsp3) is 0.0588. The zero-order chi connectivity index (χ0) is 16.5. The standard InChI is InChI=1S/C17H16ClN5/c1-3-4-12-14(19-2)15-21-16(18)23-17(22-15)20-13-10-8-6-5-7-9-11-13/h3-12H,1H2,2H3,(H,20,21,22,23)/b6-5-,7-5?,8-6?,9-7-,10-8?,11-9?,12-4-,13-10?,13-11?,19-14?. The fourth-order valence-corrected chi connectivity index (χ4v) is 1.87. The number of aromatic nitrogens is 3. The molecule has 0 saturated carbocycles. The summed E-state index contributed by atoms with van der Waals surface area (Å²) < 4.78 is 0. The van der Waals surface area contributed by atoms with Crippen molar-refractivity contribution in [2.45, 2.75) is 0 Å². The maximum Gasteiger partial charge on any atom is 0.232 e.